The third kappa shape index (κ3) is 4.52. The van der Waals surface area contributed by atoms with Crippen molar-refractivity contribution in [3.8, 4) is 34.5 Å². The van der Waals surface area contributed by atoms with E-state index in [1.165, 1.54) is 33.5 Å². The molecule has 3 aromatic rings. The Labute approximate surface area is 196 Å². The molecule has 0 spiro atoms. The second kappa shape index (κ2) is 9.58. The minimum Gasteiger partial charge on any atom is -0.497 e. The standard InChI is InChI=1S/C26H22O8/c1-29-17-6-5-15(22(13-17)32-4)11-24-25(27)21-8-7-18(14-23(21)34-24)33-26(28)16-9-19(30-2)12-20(10-16)31-3/h5-14H,1-4H3/b24-11-. The molecule has 0 bridgehead atoms. The average Bonchev–Trinajstić information content (AvgIpc) is 3.17. The zero-order valence-corrected chi connectivity index (χ0v) is 19.0. The summed E-state index contributed by atoms with van der Waals surface area (Å²) in [6.45, 7) is 0. The Balaban J connectivity index is 1.56. The summed E-state index contributed by atoms with van der Waals surface area (Å²) in [5, 5.41) is 0. The fraction of sp³-hybridized carbons (Fsp3) is 0.154. The van der Waals surface area contributed by atoms with Crippen molar-refractivity contribution in [3.63, 3.8) is 0 Å². The summed E-state index contributed by atoms with van der Waals surface area (Å²) in [6, 6.07) is 14.6. The number of Topliss-reactive ketones (excluding diaryl/α,β-unsaturated/α-hetero) is 1. The Bertz CT molecular complexity index is 1270. The first-order chi connectivity index (χ1) is 16.4. The molecule has 0 aromatic heterocycles. The van der Waals surface area contributed by atoms with Gasteiger partial charge in [-0.2, -0.15) is 0 Å². The van der Waals surface area contributed by atoms with Gasteiger partial charge < -0.3 is 28.4 Å². The summed E-state index contributed by atoms with van der Waals surface area (Å²) in [7, 11) is 6.07. The van der Waals surface area contributed by atoms with Crippen molar-refractivity contribution in [2.24, 2.45) is 0 Å². The summed E-state index contributed by atoms with van der Waals surface area (Å²) < 4.78 is 32.2. The Morgan fingerprint density at radius 2 is 1.44 bits per heavy atom. The maximum atomic E-state index is 12.8. The van der Waals surface area contributed by atoms with E-state index in [0.29, 0.717) is 34.1 Å². The normalized spacial score (nSPS) is 13.2. The summed E-state index contributed by atoms with van der Waals surface area (Å²) in [4.78, 5) is 25.5. The van der Waals surface area contributed by atoms with E-state index in [-0.39, 0.29) is 28.6 Å². The number of ketones is 1. The van der Waals surface area contributed by atoms with Crippen LogP contribution in [0.5, 0.6) is 34.5 Å². The van der Waals surface area contributed by atoms with Crippen LogP contribution in [0.2, 0.25) is 0 Å². The van der Waals surface area contributed by atoms with Gasteiger partial charge >= 0.3 is 5.97 Å². The first kappa shape index (κ1) is 22.7. The van der Waals surface area contributed by atoms with Crippen LogP contribution in [0, 0.1) is 0 Å². The van der Waals surface area contributed by atoms with Crippen LogP contribution in [-0.2, 0) is 0 Å². The third-order valence-corrected chi connectivity index (χ3v) is 5.17. The van der Waals surface area contributed by atoms with Gasteiger partial charge in [-0.15, -0.1) is 0 Å². The number of rotatable bonds is 7. The maximum absolute atomic E-state index is 12.8. The first-order valence-corrected chi connectivity index (χ1v) is 10.2. The molecule has 0 unspecified atom stereocenters. The van der Waals surface area contributed by atoms with E-state index in [2.05, 4.69) is 0 Å². The fourth-order valence-electron chi connectivity index (χ4n) is 3.40. The molecule has 8 nitrogen and oxygen atoms in total. The molecule has 0 fully saturated rings. The molecule has 1 aliphatic rings. The highest BCUT2D eigenvalue weighted by Gasteiger charge is 2.28. The van der Waals surface area contributed by atoms with Gasteiger partial charge in [-0.05, 0) is 42.5 Å². The lowest BCUT2D eigenvalue weighted by molar-refractivity contribution is 0.0733. The van der Waals surface area contributed by atoms with Gasteiger partial charge in [0.15, 0.2) is 5.76 Å². The number of fused-ring (bicyclic) bond motifs is 1. The summed E-state index contributed by atoms with van der Waals surface area (Å²) in [5.74, 6) is 1.81. The monoisotopic (exact) mass is 462 g/mol. The summed E-state index contributed by atoms with van der Waals surface area (Å²) in [5.41, 5.74) is 1.26. The predicted molar refractivity (Wildman–Crippen MR) is 123 cm³/mol. The number of benzene rings is 3. The van der Waals surface area contributed by atoms with Gasteiger partial charge in [-0.3, -0.25) is 4.79 Å². The van der Waals surface area contributed by atoms with Crippen molar-refractivity contribution in [1.29, 1.82) is 0 Å². The predicted octanol–water partition coefficient (Wildman–Crippen LogP) is 4.56. The largest absolute Gasteiger partial charge is 0.497 e. The molecule has 0 radical (unpaired) electrons. The molecule has 34 heavy (non-hydrogen) atoms. The topological polar surface area (TPSA) is 89.5 Å². The molecule has 0 amide bonds. The second-order valence-electron chi connectivity index (χ2n) is 7.20. The van der Waals surface area contributed by atoms with Crippen LogP contribution in [0.15, 0.2) is 60.4 Å². The highest BCUT2D eigenvalue weighted by Crippen LogP contribution is 2.36. The van der Waals surface area contributed by atoms with Crippen LogP contribution < -0.4 is 28.4 Å². The highest BCUT2D eigenvalue weighted by molar-refractivity contribution is 6.14. The van der Waals surface area contributed by atoms with E-state index in [0.717, 1.165) is 0 Å². The molecule has 0 saturated carbocycles. The molecule has 0 atom stereocenters. The van der Waals surface area contributed by atoms with E-state index in [4.69, 9.17) is 28.4 Å². The van der Waals surface area contributed by atoms with Crippen LogP contribution in [0.4, 0.5) is 0 Å². The minimum absolute atomic E-state index is 0.125. The van der Waals surface area contributed by atoms with Crippen LogP contribution >= 0.6 is 0 Å². The maximum Gasteiger partial charge on any atom is 0.343 e. The average molecular weight is 462 g/mol. The summed E-state index contributed by atoms with van der Waals surface area (Å²) in [6.07, 6.45) is 1.59. The number of ether oxygens (including phenoxy) is 6. The number of hydrogen-bond acceptors (Lipinski definition) is 8. The van der Waals surface area contributed by atoms with Gasteiger partial charge in [0.2, 0.25) is 5.78 Å². The Kier molecular flexibility index (Phi) is 6.40. The van der Waals surface area contributed by atoms with Crippen molar-refractivity contribution >= 4 is 17.8 Å². The molecule has 1 aliphatic heterocycles. The number of allylic oxidation sites excluding steroid dienone is 1. The van der Waals surface area contributed by atoms with Crippen LogP contribution in [0.25, 0.3) is 6.08 Å². The van der Waals surface area contributed by atoms with E-state index < -0.39 is 5.97 Å². The molecule has 3 aromatic carbocycles. The zero-order chi connectivity index (χ0) is 24.2. The lowest BCUT2D eigenvalue weighted by Crippen LogP contribution is -2.09. The van der Waals surface area contributed by atoms with Gasteiger partial charge in [0, 0.05) is 23.8 Å². The van der Waals surface area contributed by atoms with E-state index in [9.17, 15) is 9.59 Å². The van der Waals surface area contributed by atoms with Crippen LogP contribution in [0.1, 0.15) is 26.3 Å². The number of esters is 1. The second-order valence-corrected chi connectivity index (χ2v) is 7.20. The number of hydrogen-bond donors (Lipinski definition) is 0. The Morgan fingerprint density at radius 1 is 0.765 bits per heavy atom. The molecule has 174 valence electrons. The van der Waals surface area contributed by atoms with Gasteiger partial charge in [0.25, 0.3) is 0 Å². The molecule has 8 heteroatoms. The lowest BCUT2D eigenvalue weighted by Gasteiger charge is -2.09. The van der Waals surface area contributed by atoms with E-state index in [1.807, 2.05) is 0 Å². The minimum atomic E-state index is -0.611. The fourth-order valence-corrected chi connectivity index (χ4v) is 3.40. The quantitative estimate of drug-likeness (QED) is 0.287. The van der Waals surface area contributed by atoms with Gasteiger partial charge in [-0.1, -0.05) is 0 Å². The van der Waals surface area contributed by atoms with Crippen molar-refractivity contribution in [2.45, 2.75) is 0 Å². The summed E-state index contributed by atoms with van der Waals surface area (Å²) >= 11 is 0. The highest BCUT2D eigenvalue weighted by atomic mass is 16.5. The van der Waals surface area contributed by atoms with Crippen molar-refractivity contribution in [3.05, 3.63) is 77.0 Å². The van der Waals surface area contributed by atoms with Crippen LogP contribution in [0.3, 0.4) is 0 Å². The van der Waals surface area contributed by atoms with Gasteiger partial charge in [0.1, 0.15) is 34.5 Å². The van der Waals surface area contributed by atoms with Crippen LogP contribution in [-0.4, -0.2) is 40.2 Å². The first-order valence-electron chi connectivity index (χ1n) is 10.2. The molecule has 4 rings (SSSR count). The lowest BCUT2D eigenvalue weighted by atomic mass is 10.1. The Morgan fingerprint density at radius 3 is 2.09 bits per heavy atom. The molecule has 0 aliphatic carbocycles. The van der Waals surface area contributed by atoms with E-state index in [1.54, 1.807) is 55.7 Å². The SMILES string of the molecule is COc1cc(OC)cc(C(=O)Oc2ccc3c(c2)O/C(=C\c2ccc(OC)cc2OC)C3=O)c1. The van der Waals surface area contributed by atoms with Gasteiger partial charge in [0.05, 0.1) is 39.6 Å². The smallest absolute Gasteiger partial charge is 0.343 e. The Hall–Kier alpha value is -4.46. The number of carbonyl (C=O) groups is 2. The number of carbonyl (C=O) groups excluding carboxylic acids is 2. The van der Waals surface area contributed by atoms with Crippen molar-refractivity contribution in [1.82, 2.24) is 0 Å². The molecular weight excluding hydrogens is 440 g/mol. The molecule has 0 saturated heterocycles. The molecular formula is C26H22O8. The zero-order valence-electron chi connectivity index (χ0n) is 19.0. The number of methoxy groups -OCH3 is 4. The van der Waals surface area contributed by atoms with E-state index >= 15 is 0 Å². The van der Waals surface area contributed by atoms with Crippen molar-refractivity contribution in [2.75, 3.05) is 28.4 Å². The van der Waals surface area contributed by atoms with Crippen molar-refractivity contribution < 1.29 is 38.0 Å². The molecule has 1 heterocycles. The molecule has 0 N–H and O–H groups in total. The third-order valence-electron chi connectivity index (χ3n) is 5.17. The van der Waals surface area contributed by atoms with Gasteiger partial charge in [-0.25, -0.2) is 4.79 Å².